The minimum atomic E-state index is -0.891. The molecule has 27 nitrogen and oxygen atoms in total. The maximum absolute atomic E-state index is 13.9. The number of carboxylic acids is 1. The number of aryl methyl sites for hydroxylation is 2. The Labute approximate surface area is 709 Å². The third kappa shape index (κ3) is 17.4. The Hall–Kier alpha value is -13.4. The SMILES string of the molecule is COC(=O)CCCOc1cc(COc2cc3c(cc2C)C(=O)N2c4ccccc4C[C@H]2C=N3)cc(COc2cc3c(cc2OC)C(=O)N2c4ccccc4C[C@H]2C=N3)c1.COc1cc2c(cc1OCc1cc(COc3cc4c(cc3C)C(=O)N3c5ccccc5C[C@H]3C=N4)cc(OCCCC(=O)O)c1)N=C[C@@H]1Cc3ccccc3N1C2=O.N[N-]O.[Li+]. The van der Waals surface area contributed by atoms with Crippen molar-refractivity contribution in [1.29, 1.82) is 0 Å². The molecule has 10 aromatic rings. The van der Waals surface area contributed by atoms with Crippen LogP contribution in [0.3, 0.4) is 0 Å². The molecule has 0 unspecified atom stereocenters. The third-order valence-electron chi connectivity index (χ3n) is 22.0. The van der Waals surface area contributed by atoms with E-state index in [2.05, 4.69) is 11.9 Å². The second kappa shape index (κ2) is 36.4. The van der Waals surface area contributed by atoms with E-state index in [4.69, 9.17) is 72.9 Å². The normalized spacial score (nSPS) is 16.5. The van der Waals surface area contributed by atoms with Crippen LogP contribution in [0.2, 0.25) is 0 Å². The summed E-state index contributed by atoms with van der Waals surface area (Å²) in [5.41, 5.74) is 18.8. The zero-order chi connectivity index (χ0) is 83.2. The molecule has 8 heterocycles. The molecule has 0 bridgehead atoms. The number of carbonyl (C=O) groups excluding carboxylic acids is 5. The van der Waals surface area contributed by atoms with Crippen molar-refractivity contribution in [2.24, 2.45) is 25.8 Å². The largest absolute Gasteiger partial charge is 1.00 e. The minimum absolute atomic E-state index is 0. The van der Waals surface area contributed by atoms with Gasteiger partial charge in [0.2, 0.25) is 0 Å². The van der Waals surface area contributed by atoms with E-state index in [1.165, 1.54) is 14.2 Å². The predicted molar refractivity (Wildman–Crippen MR) is 453 cm³/mol. The summed E-state index contributed by atoms with van der Waals surface area (Å²) in [6, 6.07) is 56.6. The maximum Gasteiger partial charge on any atom is 1.00 e. The molecule has 0 radical (unpaired) electrons. The average Bonchev–Trinajstić information content (AvgIpc) is 1.63. The first kappa shape index (κ1) is 82.7. The molecule has 0 saturated carbocycles. The van der Waals surface area contributed by atoms with Crippen molar-refractivity contribution in [3.05, 3.63) is 265 Å². The van der Waals surface area contributed by atoms with Gasteiger partial charge < -0.3 is 64.4 Å². The first-order valence-electron chi connectivity index (χ1n) is 39.3. The van der Waals surface area contributed by atoms with E-state index < -0.39 is 5.97 Å². The molecule has 0 aromatic heterocycles. The molecule has 0 saturated heterocycles. The summed E-state index contributed by atoms with van der Waals surface area (Å²) in [5.74, 6) is 6.30. The summed E-state index contributed by atoms with van der Waals surface area (Å²) in [6.45, 7) is 4.93. The number of methoxy groups -OCH3 is 3. The number of nitrogens with two attached hydrogens (primary N) is 1. The number of ether oxygens (including phenoxy) is 9. The van der Waals surface area contributed by atoms with Crippen LogP contribution in [0.25, 0.3) is 5.59 Å². The molecular weight excluding hydrogens is 1540 g/mol. The van der Waals surface area contributed by atoms with E-state index in [-0.39, 0.29) is 119 Å². The van der Waals surface area contributed by atoms with Gasteiger partial charge in [0.15, 0.2) is 23.0 Å². The van der Waals surface area contributed by atoms with E-state index in [0.717, 1.165) is 84.8 Å². The molecule has 4 N–H and O–H groups in total. The number of hydrogen-bond donors (Lipinski definition) is 3. The van der Waals surface area contributed by atoms with Gasteiger partial charge in [0.05, 0.1) is 104 Å². The van der Waals surface area contributed by atoms with Gasteiger partial charge in [0.1, 0.15) is 49.4 Å². The summed E-state index contributed by atoms with van der Waals surface area (Å²) >= 11 is 0. The molecule has 121 heavy (non-hydrogen) atoms. The predicted octanol–water partition coefficient (Wildman–Crippen LogP) is 12.7. The molecule has 28 heteroatoms. The van der Waals surface area contributed by atoms with Crippen LogP contribution in [-0.2, 0) is 66.4 Å². The number of nitrogens with zero attached hydrogens (tertiary/aromatic N) is 9. The van der Waals surface area contributed by atoms with Crippen molar-refractivity contribution in [2.75, 3.05) is 54.1 Å². The summed E-state index contributed by atoms with van der Waals surface area (Å²) in [5, 5.41) is 16.1. The number of rotatable bonds is 24. The van der Waals surface area contributed by atoms with E-state index in [0.29, 0.717) is 130 Å². The number of carboxylic acid groups (broad SMARTS) is 1. The number of esters is 1. The van der Waals surface area contributed by atoms with Gasteiger partial charge in [-0.1, -0.05) is 72.8 Å². The molecule has 0 spiro atoms. The monoisotopic (exact) mass is 1620 g/mol. The minimum Gasteiger partial charge on any atom is -0.494 e. The van der Waals surface area contributed by atoms with Crippen molar-refractivity contribution in [3.63, 3.8) is 0 Å². The van der Waals surface area contributed by atoms with Crippen molar-refractivity contribution < 1.29 is 101 Å². The number of fused-ring (bicyclic) bond motifs is 16. The van der Waals surface area contributed by atoms with Crippen LogP contribution >= 0.6 is 0 Å². The molecular formula is C93H85LiN10O17. The summed E-state index contributed by atoms with van der Waals surface area (Å²) < 4.78 is 53.9. The van der Waals surface area contributed by atoms with Gasteiger partial charge in [0.25, 0.3) is 23.6 Å². The number of hydrogen-bond acceptors (Lipinski definition) is 21. The van der Waals surface area contributed by atoms with Gasteiger partial charge in [-0.25, -0.2) is 0 Å². The van der Waals surface area contributed by atoms with Crippen LogP contribution < -0.4 is 82.2 Å². The Kier molecular flexibility index (Phi) is 24.9. The first-order chi connectivity index (χ1) is 58.4. The number of aliphatic imine (C=N–C) groups is 4. The number of para-hydroxylation sites is 4. The quantitative estimate of drug-likeness (QED) is 0.0166. The van der Waals surface area contributed by atoms with Crippen LogP contribution in [0, 0.1) is 13.8 Å². The van der Waals surface area contributed by atoms with Gasteiger partial charge in [-0.3, -0.25) is 68.3 Å². The average molecular weight is 1620 g/mol. The van der Waals surface area contributed by atoms with Gasteiger partial charge in [0, 0.05) is 110 Å². The molecule has 8 aliphatic heterocycles. The number of benzene rings is 10. The fraction of sp³-hybridized carbons (Fsp3) is 0.247. The van der Waals surface area contributed by atoms with Gasteiger partial charge in [-0.05, 0) is 167 Å². The van der Waals surface area contributed by atoms with Crippen molar-refractivity contribution in [2.45, 2.75) is 116 Å². The molecule has 4 atom stereocenters. The van der Waals surface area contributed by atoms with Crippen molar-refractivity contribution in [3.8, 4) is 46.0 Å². The zero-order valence-electron chi connectivity index (χ0n) is 67.5. The Morgan fingerprint density at radius 3 is 1.00 bits per heavy atom. The standard InChI is InChI=1S/C47H42N4O8.C46H40N4O8.Li.H3N2O/c1-28-15-36-38(48-24-33-19-31-9-4-6-11-40(31)50(33)46(36)53)22-42(28)58-26-29-16-30(18-35(17-29)57-14-8-13-45(52)56-3)27-59-44-23-39-37(21-43(44)55-2)47(54)51-34(25-49-39)20-32-10-5-7-12-41(32)51;1-27-14-35-37(47-23-32-18-30-8-3-5-10-39(30)49(32)45(35)53)21-41(27)57-25-28-15-29(17-34(16-28)56-13-7-12-44(51)52)26-58-43-22-38-36(20-42(43)55-2)46(54)50-33(24-48-38)19-31-9-4-6-11-40(31)50;;1-2-3/h4-7,9-12,15-18,21-25,33-34H,8,13-14,19-20,26-27H2,1-3H3;3-6,8-11,14-17,20-24,32-33H,7,12-13,18-19,25-26H2,1-2H3,(H,51,52);;3H,1H2/q;;+1;-1/t33-,34-;32-,33-;;/m00../s1. The molecule has 8 aliphatic rings. The second-order valence-corrected chi connectivity index (χ2v) is 29.8. The summed E-state index contributed by atoms with van der Waals surface area (Å²) in [6.07, 6.45) is 11.2. The van der Waals surface area contributed by atoms with Crippen LogP contribution in [0.5, 0.6) is 46.0 Å². The fourth-order valence-electron chi connectivity index (χ4n) is 16.3. The molecule has 0 fully saturated rings. The molecule has 18 rings (SSSR count). The van der Waals surface area contributed by atoms with Crippen LogP contribution in [0.15, 0.2) is 202 Å². The Morgan fingerprint density at radius 1 is 0.405 bits per heavy atom. The van der Waals surface area contributed by atoms with Gasteiger partial charge in [-0.2, -0.15) is 0 Å². The van der Waals surface area contributed by atoms with E-state index in [1.54, 1.807) is 41.2 Å². The smallest absolute Gasteiger partial charge is 0.494 e. The Morgan fingerprint density at radius 2 is 0.694 bits per heavy atom. The third-order valence-corrected chi connectivity index (χ3v) is 22.0. The van der Waals surface area contributed by atoms with E-state index >= 15 is 0 Å². The Bertz CT molecular complexity index is 5850. The van der Waals surface area contributed by atoms with Gasteiger partial charge >= 0.3 is 30.8 Å². The summed E-state index contributed by atoms with van der Waals surface area (Å²) in [7, 11) is 4.43. The Balaban J connectivity index is 0.000000181. The number of anilines is 4. The van der Waals surface area contributed by atoms with Crippen LogP contribution in [-0.4, -0.2) is 129 Å². The van der Waals surface area contributed by atoms with Crippen molar-refractivity contribution >= 4 is 106 Å². The fourth-order valence-corrected chi connectivity index (χ4v) is 16.3. The van der Waals surface area contributed by atoms with Crippen LogP contribution in [0.4, 0.5) is 45.5 Å². The van der Waals surface area contributed by atoms with Crippen molar-refractivity contribution in [1.82, 2.24) is 0 Å². The number of carbonyl (C=O) groups is 6. The van der Waals surface area contributed by atoms with E-state index in [1.807, 2.05) is 206 Å². The second-order valence-electron chi connectivity index (χ2n) is 29.8. The molecule has 0 aliphatic carbocycles. The molecule has 610 valence electrons. The maximum atomic E-state index is 13.9. The first-order valence-corrected chi connectivity index (χ1v) is 39.3. The molecule has 10 aromatic carbocycles. The topological polar surface area (TPSA) is 328 Å². The van der Waals surface area contributed by atoms with Crippen LogP contribution in [0.1, 0.15) is 123 Å². The zero-order valence-corrected chi connectivity index (χ0v) is 67.5. The number of amides is 4. The number of aliphatic carboxylic acids is 1. The molecule has 4 amide bonds. The summed E-state index contributed by atoms with van der Waals surface area (Å²) in [4.78, 5) is 105. The van der Waals surface area contributed by atoms with Gasteiger partial charge in [-0.15, -0.1) is 0 Å². The van der Waals surface area contributed by atoms with E-state index in [9.17, 15) is 28.8 Å².